The Morgan fingerprint density at radius 2 is 1.75 bits per heavy atom. The van der Waals surface area contributed by atoms with Crippen molar-refractivity contribution < 1.29 is 19.8 Å². The minimum Gasteiger partial charge on any atom is -0.391 e. The molecule has 0 bridgehead atoms. The van der Waals surface area contributed by atoms with Gasteiger partial charge in [-0.2, -0.15) is 0 Å². The summed E-state index contributed by atoms with van der Waals surface area (Å²) in [5.41, 5.74) is 3.61. The lowest BCUT2D eigenvalue weighted by Crippen LogP contribution is -2.55. The summed E-state index contributed by atoms with van der Waals surface area (Å²) in [6.07, 6.45) is 2.41. The number of halogens is 2. The van der Waals surface area contributed by atoms with Crippen LogP contribution in [0.2, 0.25) is 10.0 Å². The van der Waals surface area contributed by atoms with Gasteiger partial charge in [0.2, 0.25) is 5.91 Å². The van der Waals surface area contributed by atoms with Gasteiger partial charge in [0.15, 0.2) is 0 Å². The van der Waals surface area contributed by atoms with E-state index in [0.29, 0.717) is 52.5 Å². The van der Waals surface area contributed by atoms with Crippen molar-refractivity contribution in [3.05, 3.63) is 105 Å². The number of benzene rings is 3. The smallest absolute Gasteiger partial charge is 0.255 e. The number of nitrogens with one attached hydrogen (secondary N) is 1. The van der Waals surface area contributed by atoms with Crippen LogP contribution in [0.4, 0.5) is 0 Å². The summed E-state index contributed by atoms with van der Waals surface area (Å²) < 4.78 is 0. The fourth-order valence-corrected chi connectivity index (χ4v) is 6.61. The first-order chi connectivity index (χ1) is 19.3. The molecule has 6 nitrogen and oxygen atoms in total. The Morgan fingerprint density at radius 1 is 1.02 bits per heavy atom. The first kappa shape index (κ1) is 28.6. The van der Waals surface area contributed by atoms with E-state index in [1.165, 1.54) is 0 Å². The van der Waals surface area contributed by atoms with Crippen LogP contribution in [0.15, 0.2) is 66.7 Å². The van der Waals surface area contributed by atoms with Gasteiger partial charge in [-0.25, -0.2) is 0 Å². The van der Waals surface area contributed by atoms with Crippen molar-refractivity contribution in [2.24, 2.45) is 0 Å². The molecular weight excluding hydrogens is 547 g/mol. The van der Waals surface area contributed by atoms with Crippen LogP contribution in [-0.4, -0.2) is 45.6 Å². The maximum Gasteiger partial charge on any atom is 0.255 e. The van der Waals surface area contributed by atoms with Crippen molar-refractivity contribution >= 4 is 35.0 Å². The third kappa shape index (κ3) is 5.77. The maximum absolute atomic E-state index is 14.1. The Balaban J connectivity index is 1.51. The standard InChI is InChI=1S/C32H34Cl2N2O4/c1-19(37)21-12-10-20(11-13-21)16-17-35-31(39)29-23-6-2-3-7-24(23)32(40)36(27-8-4-5-9-28(27)38)30(29)25-15-14-22(33)18-26(25)34/h2-3,6-7,10-15,18-19,27-30,37-38H,4-5,8-9,16-17H2,1H3,(H,35,39)/t19?,27-,28-,29+,30-/m0/s1. The molecular formula is C32H34Cl2N2O4. The third-order valence-electron chi connectivity index (χ3n) is 8.17. The zero-order chi connectivity index (χ0) is 28.4. The van der Waals surface area contributed by atoms with Crippen LogP contribution in [0, 0.1) is 0 Å². The highest BCUT2D eigenvalue weighted by atomic mass is 35.5. The Bertz CT molecular complexity index is 1380. The molecule has 1 aliphatic carbocycles. The van der Waals surface area contributed by atoms with Crippen molar-refractivity contribution in [1.82, 2.24) is 10.2 Å². The molecule has 8 heteroatoms. The molecule has 1 saturated carbocycles. The van der Waals surface area contributed by atoms with E-state index in [4.69, 9.17) is 23.2 Å². The van der Waals surface area contributed by atoms with Crippen molar-refractivity contribution in [2.45, 2.75) is 69.2 Å². The molecule has 5 rings (SSSR count). The molecule has 2 aliphatic rings. The quantitative estimate of drug-likeness (QED) is 0.320. The molecule has 1 aliphatic heterocycles. The average Bonchev–Trinajstić information content (AvgIpc) is 2.94. The van der Waals surface area contributed by atoms with E-state index >= 15 is 0 Å². The summed E-state index contributed by atoms with van der Waals surface area (Å²) in [6, 6.07) is 18.9. The molecule has 0 radical (unpaired) electrons. The molecule has 0 spiro atoms. The van der Waals surface area contributed by atoms with E-state index < -0.39 is 30.2 Å². The van der Waals surface area contributed by atoms with Crippen molar-refractivity contribution in [3.8, 4) is 0 Å². The van der Waals surface area contributed by atoms with Gasteiger partial charge in [-0.05, 0) is 66.6 Å². The molecule has 5 atom stereocenters. The summed E-state index contributed by atoms with van der Waals surface area (Å²) in [6.45, 7) is 2.12. The largest absolute Gasteiger partial charge is 0.391 e. The van der Waals surface area contributed by atoms with E-state index in [2.05, 4.69) is 5.32 Å². The van der Waals surface area contributed by atoms with Crippen molar-refractivity contribution in [1.29, 1.82) is 0 Å². The minimum atomic E-state index is -0.737. The predicted octanol–water partition coefficient (Wildman–Crippen LogP) is 5.99. The van der Waals surface area contributed by atoms with E-state index in [1.807, 2.05) is 36.4 Å². The van der Waals surface area contributed by atoms with Gasteiger partial charge in [0, 0.05) is 22.2 Å². The maximum atomic E-state index is 14.1. The summed E-state index contributed by atoms with van der Waals surface area (Å²) >= 11 is 13.0. The molecule has 1 unspecified atom stereocenters. The van der Waals surface area contributed by atoms with Gasteiger partial charge in [0.25, 0.3) is 5.91 Å². The molecule has 210 valence electrons. The number of carbonyl (C=O) groups is 2. The Labute approximate surface area is 244 Å². The van der Waals surface area contributed by atoms with E-state index in [-0.39, 0.29) is 11.8 Å². The summed E-state index contributed by atoms with van der Waals surface area (Å²) in [5.74, 6) is -1.16. The zero-order valence-corrected chi connectivity index (χ0v) is 23.9. The lowest BCUT2D eigenvalue weighted by Gasteiger charge is -2.48. The van der Waals surface area contributed by atoms with Gasteiger partial charge in [-0.15, -0.1) is 0 Å². The first-order valence-corrected chi connectivity index (χ1v) is 14.6. The Morgan fingerprint density at radius 3 is 2.45 bits per heavy atom. The van der Waals surface area contributed by atoms with Crippen LogP contribution in [0.25, 0.3) is 0 Å². The van der Waals surface area contributed by atoms with E-state index in [9.17, 15) is 19.8 Å². The number of aliphatic hydroxyl groups is 2. The molecule has 3 aromatic rings. The number of fused-ring (bicyclic) bond motifs is 1. The second-order valence-electron chi connectivity index (χ2n) is 10.8. The highest BCUT2D eigenvalue weighted by Crippen LogP contribution is 2.47. The predicted molar refractivity (Wildman–Crippen MR) is 157 cm³/mol. The van der Waals surface area contributed by atoms with Gasteiger partial charge in [-0.1, -0.05) is 84.6 Å². The number of amides is 2. The fraction of sp³-hybridized carbons (Fsp3) is 0.375. The number of aliphatic hydroxyl groups excluding tert-OH is 2. The molecule has 0 aromatic heterocycles. The monoisotopic (exact) mass is 580 g/mol. The van der Waals surface area contributed by atoms with Gasteiger partial charge >= 0.3 is 0 Å². The molecule has 1 fully saturated rings. The fourth-order valence-electron chi connectivity index (χ4n) is 6.09. The molecule has 3 aromatic carbocycles. The summed E-state index contributed by atoms with van der Waals surface area (Å²) in [5, 5.41) is 24.8. The number of hydrogen-bond donors (Lipinski definition) is 3. The highest BCUT2D eigenvalue weighted by Gasteiger charge is 2.48. The molecule has 40 heavy (non-hydrogen) atoms. The van der Waals surface area contributed by atoms with E-state index in [0.717, 1.165) is 24.0 Å². The Hall–Kier alpha value is -2.90. The minimum absolute atomic E-state index is 0.209. The molecule has 0 saturated heterocycles. The van der Waals surface area contributed by atoms with Crippen LogP contribution in [0.1, 0.15) is 83.3 Å². The van der Waals surface area contributed by atoms with Gasteiger partial charge in [0.05, 0.1) is 30.2 Å². The lowest BCUT2D eigenvalue weighted by molar-refractivity contribution is -0.125. The highest BCUT2D eigenvalue weighted by molar-refractivity contribution is 6.35. The van der Waals surface area contributed by atoms with Crippen LogP contribution in [0.3, 0.4) is 0 Å². The second kappa shape index (κ2) is 12.3. The average molecular weight is 582 g/mol. The van der Waals surface area contributed by atoms with Crippen molar-refractivity contribution in [3.63, 3.8) is 0 Å². The van der Waals surface area contributed by atoms with Crippen LogP contribution in [0.5, 0.6) is 0 Å². The normalized spacial score (nSPS) is 23.4. The number of nitrogens with zero attached hydrogens (tertiary/aromatic N) is 1. The Kier molecular flexibility index (Phi) is 8.81. The number of carbonyl (C=O) groups excluding carboxylic acids is 2. The molecule has 3 N–H and O–H groups in total. The summed E-state index contributed by atoms with van der Waals surface area (Å²) in [4.78, 5) is 29.8. The molecule has 1 heterocycles. The SMILES string of the molecule is CC(O)c1ccc(CCNC(=O)[C@@H]2c3ccccc3C(=O)N([C@H]3CCCC[C@@H]3O)[C@H]2c2ccc(Cl)cc2Cl)cc1. The van der Waals surface area contributed by atoms with Gasteiger partial charge in [-0.3, -0.25) is 9.59 Å². The third-order valence-corrected chi connectivity index (χ3v) is 8.73. The first-order valence-electron chi connectivity index (χ1n) is 13.9. The summed E-state index contributed by atoms with van der Waals surface area (Å²) in [7, 11) is 0. The molecule has 2 amide bonds. The van der Waals surface area contributed by atoms with Gasteiger partial charge in [0.1, 0.15) is 0 Å². The topological polar surface area (TPSA) is 89.9 Å². The lowest BCUT2D eigenvalue weighted by atomic mass is 9.76. The van der Waals surface area contributed by atoms with Crippen LogP contribution >= 0.6 is 23.2 Å². The van der Waals surface area contributed by atoms with Crippen LogP contribution < -0.4 is 5.32 Å². The van der Waals surface area contributed by atoms with Crippen molar-refractivity contribution in [2.75, 3.05) is 6.54 Å². The number of hydrogen-bond acceptors (Lipinski definition) is 4. The van der Waals surface area contributed by atoms with Crippen LogP contribution in [-0.2, 0) is 11.2 Å². The zero-order valence-electron chi connectivity index (χ0n) is 22.4. The number of rotatable bonds is 7. The van der Waals surface area contributed by atoms with E-state index in [1.54, 1.807) is 42.2 Å². The second-order valence-corrected chi connectivity index (χ2v) is 11.6. The van der Waals surface area contributed by atoms with Gasteiger partial charge < -0.3 is 20.4 Å².